The lowest BCUT2D eigenvalue weighted by atomic mass is 10.1. The Morgan fingerprint density at radius 2 is 1.91 bits per heavy atom. The lowest BCUT2D eigenvalue weighted by Gasteiger charge is -2.17. The van der Waals surface area contributed by atoms with Crippen LogP contribution in [0.3, 0.4) is 0 Å². The zero-order chi connectivity index (χ0) is 23.5. The molecule has 1 aromatic heterocycles. The monoisotopic (exact) mass is 453 g/mol. The predicted octanol–water partition coefficient (Wildman–Crippen LogP) is 4.87. The molecule has 0 radical (unpaired) electrons. The molecule has 0 bridgehead atoms. The van der Waals surface area contributed by atoms with Crippen molar-refractivity contribution in [2.75, 3.05) is 13.2 Å². The number of nitrogens with zero attached hydrogens (tertiary/aromatic N) is 1. The molecule has 0 aliphatic carbocycles. The van der Waals surface area contributed by atoms with Gasteiger partial charge in [0, 0.05) is 18.4 Å². The van der Waals surface area contributed by atoms with Gasteiger partial charge < -0.3 is 15.6 Å². The van der Waals surface area contributed by atoms with Gasteiger partial charge in [-0.3, -0.25) is 9.63 Å². The zero-order valence-electron chi connectivity index (χ0n) is 19.6. The van der Waals surface area contributed by atoms with E-state index in [0.29, 0.717) is 19.6 Å². The first kappa shape index (κ1) is 24.5. The van der Waals surface area contributed by atoms with Crippen LogP contribution in [-0.2, 0) is 9.63 Å². The summed E-state index contributed by atoms with van der Waals surface area (Å²) in [5, 5.41) is 8.05. The van der Waals surface area contributed by atoms with Crippen LogP contribution in [0.4, 0.5) is 4.79 Å². The van der Waals surface area contributed by atoms with Crippen molar-refractivity contribution in [3.8, 4) is 0 Å². The Balaban J connectivity index is 1.59. The van der Waals surface area contributed by atoms with E-state index in [4.69, 9.17) is 9.82 Å². The van der Waals surface area contributed by atoms with Crippen LogP contribution < -0.4 is 16.1 Å². The molecule has 0 unspecified atom stereocenters. The summed E-state index contributed by atoms with van der Waals surface area (Å²) in [5.74, 6) is 0.655. The second-order valence-electron chi connectivity index (χ2n) is 8.19. The standard InChI is InChI=1S/C25H35N5O3/c1-3-5-17-33-30-22(31)14-8-6-7-13-21(28-25(32)26-4-2)24-27-20-16-15-18-11-9-10-12-19(18)23(20)29-24/h9-12,15-16,21H,3-8,13-14,17H2,1-2H3,(H,27,29)(H,30,31)(H2,26,28,32)/t21-/m0/s1. The SMILES string of the molecule is CCCCONC(=O)CCCCC[C@H](NC(=O)NCC)c1nc2c(ccc3ccccc32)[nH]1. The molecule has 1 heterocycles. The number of hydroxylamine groups is 1. The van der Waals surface area contributed by atoms with Crippen LogP contribution in [0.5, 0.6) is 0 Å². The number of carbonyl (C=O) groups excluding carboxylic acids is 2. The molecular formula is C25H35N5O3. The third-order valence-electron chi connectivity index (χ3n) is 5.55. The van der Waals surface area contributed by atoms with Crippen LogP contribution in [0.15, 0.2) is 36.4 Å². The average Bonchev–Trinajstić information content (AvgIpc) is 3.26. The van der Waals surface area contributed by atoms with Gasteiger partial charge in [0.1, 0.15) is 5.82 Å². The van der Waals surface area contributed by atoms with Crippen molar-refractivity contribution < 1.29 is 14.4 Å². The molecule has 3 aromatic rings. The Hall–Kier alpha value is -3.13. The molecule has 3 amide bonds. The van der Waals surface area contributed by atoms with Gasteiger partial charge in [-0.15, -0.1) is 0 Å². The van der Waals surface area contributed by atoms with Crippen LogP contribution in [0.2, 0.25) is 0 Å². The summed E-state index contributed by atoms with van der Waals surface area (Å²) >= 11 is 0. The second kappa shape index (κ2) is 12.8. The molecule has 33 heavy (non-hydrogen) atoms. The summed E-state index contributed by atoms with van der Waals surface area (Å²) in [6.07, 6.45) is 5.61. The number of carbonyl (C=O) groups is 2. The molecule has 3 rings (SSSR count). The van der Waals surface area contributed by atoms with E-state index in [1.54, 1.807) is 0 Å². The minimum absolute atomic E-state index is 0.0905. The van der Waals surface area contributed by atoms with Gasteiger partial charge in [0.05, 0.1) is 23.7 Å². The van der Waals surface area contributed by atoms with Crippen molar-refractivity contribution in [3.05, 3.63) is 42.2 Å². The number of nitrogens with one attached hydrogen (secondary N) is 4. The number of hydrogen-bond acceptors (Lipinski definition) is 4. The Morgan fingerprint density at radius 3 is 2.73 bits per heavy atom. The van der Waals surface area contributed by atoms with Crippen LogP contribution in [-0.4, -0.2) is 35.1 Å². The van der Waals surface area contributed by atoms with E-state index in [-0.39, 0.29) is 18.0 Å². The number of benzene rings is 2. The van der Waals surface area contributed by atoms with E-state index in [0.717, 1.165) is 66.2 Å². The quantitative estimate of drug-likeness (QED) is 0.219. The molecule has 1 atom stereocenters. The van der Waals surface area contributed by atoms with Crippen molar-refractivity contribution in [1.82, 2.24) is 26.1 Å². The Labute approximate surface area is 194 Å². The Bertz CT molecular complexity index is 1050. The maximum atomic E-state index is 12.2. The summed E-state index contributed by atoms with van der Waals surface area (Å²) in [7, 11) is 0. The summed E-state index contributed by atoms with van der Waals surface area (Å²) < 4.78 is 0. The lowest BCUT2D eigenvalue weighted by molar-refractivity contribution is -0.133. The van der Waals surface area contributed by atoms with Crippen LogP contribution >= 0.6 is 0 Å². The number of aromatic amines is 1. The van der Waals surface area contributed by atoms with E-state index in [1.165, 1.54) is 0 Å². The highest BCUT2D eigenvalue weighted by molar-refractivity contribution is 6.04. The number of hydrogen-bond donors (Lipinski definition) is 4. The summed E-state index contributed by atoms with van der Waals surface area (Å²) in [5.41, 5.74) is 4.35. The van der Waals surface area contributed by atoms with Crippen LogP contribution in [0, 0.1) is 0 Å². The van der Waals surface area contributed by atoms with Crippen molar-refractivity contribution in [2.45, 2.75) is 64.8 Å². The minimum Gasteiger partial charge on any atom is -0.340 e. The van der Waals surface area contributed by atoms with E-state index < -0.39 is 0 Å². The highest BCUT2D eigenvalue weighted by atomic mass is 16.6. The molecule has 8 heteroatoms. The highest BCUT2D eigenvalue weighted by Crippen LogP contribution is 2.26. The van der Waals surface area contributed by atoms with Crippen molar-refractivity contribution in [3.63, 3.8) is 0 Å². The fourth-order valence-electron chi connectivity index (χ4n) is 3.78. The Morgan fingerprint density at radius 1 is 1.06 bits per heavy atom. The smallest absolute Gasteiger partial charge is 0.315 e. The highest BCUT2D eigenvalue weighted by Gasteiger charge is 2.19. The van der Waals surface area contributed by atoms with Gasteiger partial charge in [-0.1, -0.05) is 56.5 Å². The molecule has 0 aliphatic rings. The lowest BCUT2D eigenvalue weighted by Crippen LogP contribution is -2.38. The molecule has 2 aromatic carbocycles. The van der Waals surface area contributed by atoms with Gasteiger partial charge in [0.2, 0.25) is 5.91 Å². The van der Waals surface area contributed by atoms with Crippen molar-refractivity contribution >= 4 is 33.7 Å². The number of aromatic nitrogens is 2. The molecule has 178 valence electrons. The fraction of sp³-hybridized carbons (Fsp3) is 0.480. The van der Waals surface area contributed by atoms with E-state index in [9.17, 15) is 9.59 Å². The van der Waals surface area contributed by atoms with Crippen molar-refractivity contribution in [2.24, 2.45) is 0 Å². The van der Waals surface area contributed by atoms with Crippen LogP contribution in [0.1, 0.15) is 70.7 Å². The first-order chi connectivity index (χ1) is 16.1. The maximum Gasteiger partial charge on any atom is 0.315 e. The number of urea groups is 1. The summed E-state index contributed by atoms with van der Waals surface area (Å²) in [6.45, 7) is 5.06. The number of unbranched alkanes of at least 4 members (excludes halogenated alkanes) is 3. The number of fused-ring (bicyclic) bond motifs is 3. The number of rotatable bonds is 13. The van der Waals surface area contributed by atoms with Gasteiger partial charge in [-0.05, 0) is 37.6 Å². The fourth-order valence-corrected chi connectivity index (χ4v) is 3.78. The first-order valence-corrected chi connectivity index (χ1v) is 11.9. The molecule has 0 spiro atoms. The third kappa shape index (κ3) is 7.18. The normalized spacial score (nSPS) is 12.1. The number of amides is 3. The molecule has 0 saturated carbocycles. The van der Waals surface area contributed by atoms with E-state index in [2.05, 4.69) is 46.2 Å². The predicted molar refractivity (Wildman–Crippen MR) is 131 cm³/mol. The molecular weight excluding hydrogens is 418 g/mol. The minimum atomic E-state index is -0.242. The van der Waals surface area contributed by atoms with Gasteiger partial charge in [0.25, 0.3) is 0 Å². The number of H-pyrrole nitrogens is 1. The molecule has 8 nitrogen and oxygen atoms in total. The largest absolute Gasteiger partial charge is 0.340 e. The van der Waals surface area contributed by atoms with E-state index >= 15 is 0 Å². The van der Waals surface area contributed by atoms with Gasteiger partial charge >= 0.3 is 6.03 Å². The molecule has 0 aliphatic heterocycles. The van der Waals surface area contributed by atoms with Gasteiger partial charge in [0.15, 0.2) is 0 Å². The third-order valence-corrected chi connectivity index (χ3v) is 5.55. The summed E-state index contributed by atoms with van der Waals surface area (Å²) in [4.78, 5) is 37.5. The summed E-state index contributed by atoms with van der Waals surface area (Å²) in [6, 6.07) is 11.8. The topological polar surface area (TPSA) is 108 Å². The van der Waals surface area contributed by atoms with Crippen LogP contribution in [0.25, 0.3) is 21.8 Å². The molecule has 0 fully saturated rings. The first-order valence-electron chi connectivity index (χ1n) is 11.9. The second-order valence-corrected chi connectivity index (χ2v) is 8.19. The maximum absolute atomic E-state index is 12.2. The molecule has 4 N–H and O–H groups in total. The van der Waals surface area contributed by atoms with E-state index in [1.807, 2.05) is 25.1 Å². The number of imidazole rings is 1. The van der Waals surface area contributed by atoms with Gasteiger partial charge in [-0.25, -0.2) is 15.3 Å². The zero-order valence-corrected chi connectivity index (χ0v) is 19.6. The van der Waals surface area contributed by atoms with Crippen molar-refractivity contribution in [1.29, 1.82) is 0 Å². The Kier molecular flexibility index (Phi) is 9.50. The average molecular weight is 454 g/mol. The van der Waals surface area contributed by atoms with Gasteiger partial charge in [-0.2, -0.15) is 0 Å². The molecule has 0 saturated heterocycles.